The van der Waals surface area contributed by atoms with Crippen LogP contribution >= 0.6 is 23.4 Å². The number of rotatable bonds is 9. The summed E-state index contributed by atoms with van der Waals surface area (Å²) in [6.45, 7) is 8.89. The summed E-state index contributed by atoms with van der Waals surface area (Å²) in [7, 11) is 0. The predicted molar refractivity (Wildman–Crippen MR) is 144 cm³/mol. The Morgan fingerprint density at radius 3 is 2.06 bits per heavy atom. The molecule has 0 bridgehead atoms. The Morgan fingerprint density at radius 2 is 1.51 bits per heavy atom. The van der Waals surface area contributed by atoms with E-state index in [-0.39, 0.29) is 11.9 Å². The van der Waals surface area contributed by atoms with Gasteiger partial charge >= 0.3 is 0 Å². The molecule has 35 heavy (non-hydrogen) atoms. The van der Waals surface area contributed by atoms with Crippen LogP contribution in [0.15, 0.2) is 71.9 Å². The van der Waals surface area contributed by atoms with Gasteiger partial charge in [0.2, 0.25) is 5.91 Å². The predicted octanol–water partition coefficient (Wildman–Crippen LogP) is 5.00. The molecule has 1 saturated heterocycles. The number of anilines is 1. The number of benzene rings is 2. The Kier molecular flexibility index (Phi) is 9.01. The SMILES string of the molecule is CCN(CC)c1cc(Cl)nc(SCC(=O)N2CCN(C(c3ccccc3)c3ccccc3)CC2)n1. The van der Waals surface area contributed by atoms with Crippen LogP contribution in [-0.4, -0.2) is 70.7 Å². The second-order valence-electron chi connectivity index (χ2n) is 8.43. The minimum atomic E-state index is 0.110. The number of thioether (sulfide) groups is 1. The molecule has 6 nitrogen and oxygen atoms in total. The summed E-state index contributed by atoms with van der Waals surface area (Å²) in [4.78, 5) is 28.5. The average Bonchev–Trinajstić information content (AvgIpc) is 2.90. The van der Waals surface area contributed by atoms with Crippen molar-refractivity contribution < 1.29 is 4.79 Å². The van der Waals surface area contributed by atoms with Crippen molar-refractivity contribution >= 4 is 35.1 Å². The van der Waals surface area contributed by atoms with Gasteiger partial charge in [0.15, 0.2) is 5.16 Å². The van der Waals surface area contributed by atoms with Gasteiger partial charge in [0, 0.05) is 45.3 Å². The highest BCUT2D eigenvalue weighted by Crippen LogP contribution is 2.30. The number of amides is 1. The van der Waals surface area contributed by atoms with Crippen LogP contribution in [0.25, 0.3) is 0 Å². The molecule has 2 heterocycles. The van der Waals surface area contributed by atoms with Crippen LogP contribution in [-0.2, 0) is 4.79 Å². The standard InChI is InChI=1S/C27H32ClN5OS/c1-3-31(4-2)24-19-23(28)29-27(30-24)35-20-25(34)32-15-17-33(18-16-32)26(21-11-7-5-8-12-21)22-13-9-6-10-14-22/h5-14,19,26H,3-4,15-18,20H2,1-2H3. The molecule has 0 radical (unpaired) electrons. The van der Waals surface area contributed by atoms with E-state index in [4.69, 9.17) is 11.6 Å². The molecule has 1 amide bonds. The lowest BCUT2D eigenvalue weighted by atomic mass is 9.96. The first-order valence-electron chi connectivity index (χ1n) is 12.1. The van der Waals surface area contributed by atoms with Crippen molar-refractivity contribution in [2.24, 2.45) is 0 Å². The van der Waals surface area contributed by atoms with Crippen molar-refractivity contribution in [3.8, 4) is 0 Å². The monoisotopic (exact) mass is 509 g/mol. The van der Waals surface area contributed by atoms with Crippen molar-refractivity contribution in [3.63, 3.8) is 0 Å². The molecule has 1 aliphatic heterocycles. The molecular weight excluding hydrogens is 478 g/mol. The zero-order chi connectivity index (χ0) is 24.6. The molecule has 0 aliphatic carbocycles. The number of piperazine rings is 1. The topological polar surface area (TPSA) is 52.6 Å². The summed E-state index contributed by atoms with van der Waals surface area (Å²) in [6.07, 6.45) is 0. The molecule has 1 aromatic heterocycles. The van der Waals surface area contributed by atoms with Crippen LogP contribution in [0, 0.1) is 0 Å². The third-order valence-electron chi connectivity index (χ3n) is 6.34. The number of halogens is 1. The second-order valence-corrected chi connectivity index (χ2v) is 9.76. The summed E-state index contributed by atoms with van der Waals surface area (Å²) in [5.74, 6) is 1.21. The van der Waals surface area contributed by atoms with Gasteiger partial charge in [0.1, 0.15) is 11.0 Å². The van der Waals surface area contributed by atoms with Crippen LogP contribution in [0.4, 0.5) is 5.82 Å². The first-order chi connectivity index (χ1) is 17.1. The van der Waals surface area contributed by atoms with Gasteiger partial charge in [0.25, 0.3) is 0 Å². The fourth-order valence-corrected chi connectivity index (χ4v) is 5.48. The maximum atomic E-state index is 13.0. The van der Waals surface area contributed by atoms with E-state index in [9.17, 15) is 4.79 Å². The number of carbonyl (C=O) groups excluding carboxylic acids is 1. The van der Waals surface area contributed by atoms with Crippen molar-refractivity contribution in [1.82, 2.24) is 19.8 Å². The molecule has 184 valence electrons. The van der Waals surface area contributed by atoms with Crippen molar-refractivity contribution in [1.29, 1.82) is 0 Å². The van der Waals surface area contributed by atoms with E-state index in [1.165, 1.54) is 22.9 Å². The third-order valence-corrected chi connectivity index (χ3v) is 7.36. The highest BCUT2D eigenvalue weighted by molar-refractivity contribution is 7.99. The summed E-state index contributed by atoms with van der Waals surface area (Å²) in [5, 5.41) is 0.943. The maximum Gasteiger partial charge on any atom is 0.233 e. The molecule has 3 aromatic rings. The smallest absolute Gasteiger partial charge is 0.233 e. The molecule has 0 N–H and O–H groups in total. The molecule has 2 aromatic carbocycles. The van der Waals surface area contributed by atoms with Crippen LogP contribution in [0.2, 0.25) is 5.15 Å². The lowest BCUT2D eigenvalue weighted by molar-refractivity contribution is -0.130. The molecule has 0 spiro atoms. The van der Waals surface area contributed by atoms with Crippen LogP contribution in [0.1, 0.15) is 31.0 Å². The number of aromatic nitrogens is 2. The largest absolute Gasteiger partial charge is 0.357 e. The first kappa shape index (κ1) is 25.5. The maximum absolute atomic E-state index is 13.0. The van der Waals surface area contributed by atoms with Crippen LogP contribution in [0.3, 0.4) is 0 Å². The summed E-state index contributed by atoms with van der Waals surface area (Å²) < 4.78 is 0. The number of hydrogen-bond acceptors (Lipinski definition) is 6. The Hall–Kier alpha value is -2.61. The van der Waals surface area contributed by atoms with Gasteiger partial charge in [-0.15, -0.1) is 0 Å². The Balaban J connectivity index is 1.37. The van der Waals surface area contributed by atoms with Gasteiger partial charge in [0.05, 0.1) is 11.8 Å². The molecule has 0 unspecified atom stereocenters. The van der Waals surface area contributed by atoms with E-state index in [0.717, 1.165) is 32.0 Å². The average molecular weight is 510 g/mol. The number of carbonyl (C=O) groups is 1. The van der Waals surface area contributed by atoms with Gasteiger partial charge < -0.3 is 9.80 Å². The lowest BCUT2D eigenvalue weighted by Crippen LogP contribution is -2.50. The lowest BCUT2D eigenvalue weighted by Gasteiger charge is -2.39. The second kappa shape index (κ2) is 12.4. The van der Waals surface area contributed by atoms with E-state index in [1.54, 1.807) is 6.07 Å². The Labute approximate surface area is 217 Å². The van der Waals surface area contributed by atoms with Crippen LogP contribution < -0.4 is 4.90 Å². The van der Waals surface area contributed by atoms with E-state index >= 15 is 0 Å². The first-order valence-corrected chi connectivity index (χ1v) is 13.5. The molecule has 0 atom stereocenters. The minimum absolute atomic E-state index is 0.110. The zero-order valence-corrected chi connectivity index (χ0v) is 21.9. The number of hydrogen-bond donors (Lipinski definition) is 0. The van der Waals surface area contributed by atoms with Crippen molar-refractivity contribution in [2.45, 2.75) is 25.0 Å². The van der Waals surface area contributed by atoms with E-state index in [0.29, 0.717) is 29.2 Å². The summed E-state index contributed by atoms with van der Waals surface area (Å²) >= 11 is 7.58. The zero-order valence-electron chi connectivity index (χ0n) is 20.3. The van der Waals surface area contributed by atoms with Gasteiger partial charge in [-0.1, -0.05) is 84.0 Å². The van der Waals surface area contributed by atoms with E-state index in [1.807, 2.05) is 4.90 Å². The molecule has 0 saturated carbocycles. The molecule has 4 rings (SSSR count). The number of nitrogens with zero attached hydrogens (tertiary/aromatic N) is 5. The summed E-state index contributed by atoms with van der Waals surface area (Å²) in [6, 6.07) is 23.1. The summed E-state index contributed by atoms with van der Waals surface area (Å²) in [5.41, 5.74) is 2.55. The van der Waals surface area contributed by atoms with E-state index in [2.05, 4.69) is 94.3 Å². The quantitative estimate of drug-likeness (QED) is 0.230. The highest BCUT2D eigenvalue weighted by atomic mass is 35.5. The molecule has 1 fully saturated rings. The van der Waals surface area contributed by atoms with Gasteiger partial charge in [-0.05, 0) is 25.0 Å². The van der Waals surface area contributed by atoms with Gasteiger partial charge in [-0.2, -0.15) is 0 Å². The van der Waals surface area contributed by atoms with Gasteiger partial charge in [-0.25, -0.2) is 9.97 Å². The Morgan fingerprint density at radius 1 is 0.943 bits per heavy atom. The third kappa shape index (κ3) is 6.54. The van der Waals surface area contributed by atoms with Gasteiger partial charge in [-0.3, -0.25) is 9.69 Å². The highest BCUT2D eigenvalue weighted by Gasteiger charge is 2.28. The van der Waals surface area contributed by atoms with E-state index < -0.39 is 0 Å². The molecule has 1 aliphatic rings. The molecule has 8 heteroatoms. The normalized spacial score (nSPS) is 14.3. The minimum Gasteiger partial charge on any atom is -0.357 e. The fourth-order valence-electron chi connectivity index (χ4n) is 4.49. The van der Waals surface area contributed by atoms with Crippen LogP contribution in [0.5, 0.6) is 0 Å². The van der Waals surface area contributed by atoms with Crippen molar-refractivity contribution in [3.05, 3.63) is 83.0 Å². The van der Waals surface area contributed by atoms with Crippen molar-refractivity contribution in [2.75, 3.05) is 49.9 Å². The Bertz CT molecular complexity index is 1050. The molecular formula is C27H32ClN5OS. The fraction of sp³-hybridized carbons (Fsp3) is 0.370.